The molecule has 5 nitrogen and oxygen atoms in total. The molecule has 2 aromatic carbocycles. The van der Waals surface area contributed by atoms with Gasteiger partial charge in [-0.3, -0.25) is 14.5 Å². The second-order valence-corrected chi connectivity index (χ2v) is 6.90. The first-order valence-corrected chi connectivity index (χ1v) is 9.77. The lowest BCUT2D eigenvalue weighted by atomic mass is 10.1. The molecular weight excluding hydrogens is 350 g/mol. The fourth-order valence-electron chi connectivity index (χ4n) is 3.22. The smallest absolute Gasteiger partial charge is 0.311 e. The fraction of sp³-hybridized carbons (Fsp3) is 0.304. The molecular formula is C23H27N3O2. The Morgan fingerprint density at radius 3 is 2.21 bits per heavy atom. The van der Waals surface area contributed by atoms with E-state index in [9.17, 15) is 9.59 Å². The van der Waals surface area contributed by atoms with Crippen molar-refractivity contribution in [2.75, 3.05) is 39.3 Å². The van der Waals surface area contributed by atoms with Crippen molar-refractivity contribution in [1.29, 1.82) is 0 Å². The van der Waals surface area contributed by atoms with Gasteiger partial charge < -0.3 is 10.2 Å². The van der Waals surface area contributed by atoms with Crippen molar-refractivity contribution >= 4 is 17.9 Å². The van der Waals surface area contributed by atoms with E-state index in [4.69, 9.17) is 0 Å². The molecule has 1 N–H and O–H groups in total. The van der Waals surface area contributed by atoms with Crippen LogP contribution in [-0.4, -0.2) is 60.9 Å². The number of rotatable bonds is 6. The number of hydrogen-bond donors (Lipinski definition) is 1. The van der Waals surface area contributed by atoms with Gasteiger partial charge in [-0.2, -0.15) is 0 Å². The Hall–Kier alpha value is -2.92. The molecule has 0 radical (unpaired) electrons. The van der Waals surface area contributed by atoms with Gasteiger partial charge in [0, 0.05) is 39.3 Å². The van der Waals surface area contributed by atoms with Gasteiger partial charge in [0.1, 0.15) is 0 Å². The second-order valence-electron chi connectivity index (χ2n) is 6.90. The lowest BCUT2D eigenvalue weighted by Gasteiger charge is -2.33. The van der Waals surface area contributed by atoms with Crippen LogP contribution in [0, 0.1) is 0 Å². The summed E-state index contributed by atoms with van der Waals surface area (Å²) in [6, 6.07) is 20.1. The standard InChI is InChI=1S/C23H27N3O2/c27-22(24-14-13-21-10-5-2-6-11-21)23(28)26-18-16-25(17-19-26)15-7-12-20-8-3-1-4-9-20/h1-12H,13-19H2,(H,24,27)/b12-7+. The number of nitrogens with one attached hydrogen (secondary N) is 1. The molecule has 28 heavy (non-hydrogen) atoms. The maximum absolute atomic E-state index is 12.3. The van der Waals surface area contributed by atoms with E-state index in [1.807, 2.05) is 48.5 Å². The lowest BCUT2D eigenvalue weighted by molar-refractivity contribution is -0.146. The summed E-state index contributed by atoms with van der Waals surface area (Å²) in [6.07, 6.45) is 4.97. The zero-order valence-electron chi connectivity index (χ0n) is 16.1. The Balaban J connectivity index is 1.36. The molecule has 0 spiro atoms. The summed E-state index contributed by atoms with van der Waals surface area (Å²) in [7, 11) is 0. The van der Waals surface area contributed by atoms with Gasteiger partial charge in [0.15, 0.2) is 0 Å². The first kappa shape index (κ1) is 19.8. The summed E-state index contributed by atoms with van der Waals surface area (Å²) in [6.45, 7) is 4.05. The number of benzene rings is 2. The van der Waals surface area contributed by atoms with Gasteiger partial charge in [0.2, 0.25) is 0 Å². The van der Waals surface area contributed by atoms with E-state index in [1.165, 1.54) is 5.56 Å². The fourth-order valence-corrected chi connectivity index (χ4v) is 3.22. The first-order chi connectivity index (χ1) is 13.7. The number of piperazine rings is 1. The third-order valence-corrected chi connectivity index (χ3v) is 4.87. The van der Waals surface area contributed by atoms with Gasteiger partial charge in [-0.15, -0.1) is 0 Å². The minimum absolute atomic E-state index is 0.424. The van der Waals surface area contributed by atoms with E-state index >= 15 is 0 Å². The van der Waals surface area contributed by atoms with Crippen LogP contribution >= 0.6 is 0 Å². The van der Waals surface area contributed by atoms with Gasteiger partial charge >= 0.3 is 11.8 Å². The Morgan fingerprint density at radius 1 is 0.893 bits per heavy atom. The summed E-state index contributed by atoms with van der Waals surface area (Å²) in [4.78, 5) is 28.4. The van der Waals surface area contributed by atoms with E-state index < -0.39 is 11.8 Å². The van der Waals surface area contributed by atoms with E-state index in [0.717, 1.165) is 31.6 Å². The van der Waals surface area contributed by atoms with Crippen molar-refractivity contribution in [3.05, 3.63) is 77.9 Å². The second kappa shape index (κ2) is 10.4. The van der Waals surface area contributed by atoms with Crippen molar-refractivity contribution in [2.24, 2.45) is 0 Å². The molecule has 1 aliphatic heterocycles. The largest absolute Gasteiger partial charge is 0.347 e. The highest BCUT2D eigenvalue weighted by Crippen LogP contribution is 2.05. The topological polar surface area (TPSA) is 52.7 Å². The highest BCUT2D eigenvalue weighted by atomic mass is 16.2. The number of hydrogen-bond acceptors (Lipinski definition) is 3. The van der Waals surface area contributed by atoms with Crippen LogP contribution < -0.4 is 5.32 Å². The average molecular weight is 377 g/mol. The molecule has 1 aliphatic rings. The van der Waals surface area contributed by atoms with Crippen LogP contribution in [-0.2, 0) is 16.0 Å². The molecule has 146 valence electrons. The Labute approximate surface area is 166 Å². The van der Waals surface area contributed by atoms with E-state index in [0.29, 0.717) is 19.6 Å². The first-order valence-electron chi connectivity index (χ1n) is 9.77. The van der Waals surface area contributed by atoms with Crippen molar-refractivity contribution in [2.45, 2.75) is 6.42 Å². The summed E-state index contributed by atoms with van der Waals surface area (Å²) >= 11 is 0. The van der Waals surface area contributed by atoms with Crippen molar-refractivity contribution in [1.82, 2.24) is 15.1 Å². The average Bonchev–Trinajstić information content (AvgIpc) is 2.75. The highest BCUT2D eigenvalue weighted by molar-refractivity contribution is 6.35. The number of amides is 2. The van der Waals surface area contributed by atoms with Gasteiger partial charge in [-0.25, -0.2) is 0 Å². The molecule has 3 rings (SSSR count). The summed E-state index contributed by atoms with van der Waals surface area (Å²) in [5.41, 5.74) is 2.33. The van der Waals surface area contributed by atoms with Crippen LogP contribution in [0.5, 0.6) is 0 Å². The van der Waals surface area contributed by atoms with Crippen molar-refractivity contribution in [3.8, 4) is 0 Å². The van der Waals surface area contributed by atoms with E-state index in [-0.39, 0.29) is 0 Å². The Morgan fingerprint density at radius 2 is 1.54 bits per heavy atom. The molecule has 2 amide bonds. The number of carbonyl (C=O) groups is 2. The molecule has 0 aromatic heterocycles. The molecule has 0 saturated carbocycles. The Bertz CT molecular complexity index is 782. The van der Waals surface area contributed by atoms with Crippen LogP contribution in [0.15, 0.2) is 66.7 Å². The zero-order valence-corrected chi connectivity index (χ0v) is 16.1. The molecule has 0 bridgehead atoms. The Kier molecular flexibility index (Phi) is 7.38. The molecule has 1 heterocycles. The van der Waals surface area contributed by atoms with E-state index in [2.05, 4.69) is 34.5 Å². The molecule has 1 saturated heterocycles. The van der Waals surface area contributed by atoms with Gasteiger partial charge in [-0.05, 0) is 17.5 Å². The minimum atomic E-state index is -0.506. The molecule has 1 fully saturated rings. The maximum Gasteiger partial charge on any atom is 0.311 e. The highest BCUT2D eigenvalue weighted by Gasteiger charge is 2.25. The van der Waals surface area contributed by atoms with Crippen LogP contribution in [0.1, 0.15) is 11.1 Å². The monoisotopic (exact) mass is 377 g/mol. The van der Waals surface area contributed by atoms with Crippen LogP contribution in [0.4, 0.5) is 0 Å². The zero-order chi connectivity index (χ0) is 19.6. The third kappa shape index (κ3) is 6.06. The number of carbonyl (C=O) groups excluding carboxylic acids is 2. The van der Waals surface area contributed by atoms with Crippen LogP contribution in [0.2, 0.25) is 0 Å². The molecule has 0 aliphatic carbocycles. The van der Waals surface area contributed by atoms with Gasteiger partial charge in [0.25, 0.3) is 0 Å². The lowest BCUT2D eigenvalue weighted by Crippen LogP contribution is -2.52. The third-order valence-electron chi connectivity index (χ3n) is 4.87. The minimum Gasteiger partial charge on any atom is -0.347 e. The van der Waals surface area contributed by atoms with Crippen LogP contribution in [0.3, 0.4) is 0 Å². The normalized spacial score (nSPS) is 14.9. The summed E-state index contributed by atoms with van der Waals surface area (Å²) in [5.74, 6) is -0.930. The summed E-state index contributed by atoms with van der Waals surface area (Å²) < 4.78 is 0. The molecule has 2 aromatic rings. The molecule has 0 atom stereocenters. The molecule has 0 unspecified atom stereocenters. The van der Waals surface area contributed by atoms with E-state index in [1.54, 1.807) is 4.90 Å². The van der Waals surface area contributed by atoms with Crippen LogP contribution in [0.25, 0.3) is 6.08 Å². The summed E-state index contributed by atoms with van der Waals surface area (Å²) in [5, 5.41) is 2.74. The predicted molar refractivity (Wildman–Crippen MR) is 112 cm³/mol. The van der Waals surface area contributed by atoms with Gasteiger partial charge in [-0.1, -0.05) is 72.8 Å². The quantitative estimate of drug-likeness (QED) is 0.786. The van der Waals surface area contributed by atoms with Gasteiger partial charge in [0.05, 0.1) is 0 Å². The maximum atomic E-state index is 12.3. The van der Waals surface area contributed by atoms with Crippen molar-refractivity contribution < 1.29 is 9.59 Å². The van der Waals surface area contributed by atoms with Crippen molar-refractivity contribution in [3.63, 3.8) is 0 Å². The SMILES string of the molecule is O=C(NCCc1ccccc1)C(=O)N1CCN(C/C=C/c2ccccc2)CC1. The predicted octanol–water partition coefficient (Wildman–Crippen LogP) is 2.20. The number of nitrogens with zero attached hydrogens (tertiary/aromatic N) is 2. The molecule has 5 heteroatoms.